The molecule has 1 N–H and O–H groups in total. The minimum Gasteiger partial charge on any atom is -0.411 e. The lowest BCUT2D eigenvalue weighted by molar-refractivity contribution is -0.669. The highest BCUT2D eigenvalue weighted by Crippen LogP contribution is 2.13. The molecule has 2 aromatic heterocycles. The van der Waals surface area contributed by atoms with Crippen LogP contribution in [0.15, 0.2) is 59.3 Å². The molecule has 0 aliphatic rings. The predicted molar refractivity (Wildman–Crippen MR) is 79.0 cm³/mol. The van der Waals surface area contributed by atoms with Crippen LogP contribution in [-0.2, 0) is 6.54 Å². The van der Waals surface area contributed by atoms with Gasteiger partial charge < -0.3 is 9.73 Å². The molecule has 20 heavy (non-hydrogen) atoms. The number of benzene rings is 1. The molecule has 4 nitrogen and oxygen atoms in total. The van der Waals surface area contributed by atoms with E-state index in [9.17, 15) is 0 Å². The van der Waals surface area contributed by atoms with E-state index >= 15 is 0 Å². The fraction of sp³-hybridized carbons (Fsp3) is 0.125. The summed E-state index contributed by atoms with van der Waals surface area (Å²) < 4.78 is 7.75. The largest absolute Gasteiger partial charge is 0.411 e. The first-order chi connectivity index (χ1) is 9.86. The van der Waals surface area contributed by atoms with Crippen LogP contribution in [0.4, 0.5) is 5.69 Å². The van der Waals surface area contributed by atoms with E-state index in [1.165, 1.54) is 0 Å². The maximum absolute atomic E-state index is 5.69. The second-order valence-electron chi connectivity index (χ2n) is 4.38. The molecule has 100 valence electrons. The molecule has 0 radical (unpaired) electrons. The van der Waals surface area contributed by atoms with E-state index < -0.39 is 0 Å². The van der Waals surface area contributed by atoms with Gasteiger partial charge in [-0.3, -0.25) is 0 Å². The summed E-state index contributed by atoms with van der Waals surface area (Å²) in [5, 5.41) is 3.18. The van der Waals surface area contributed by atoms with Crippen molar-refractivity contribution in [3.63, 3.8) is 0 Å². The molecule has 0 unspecified atom stereocenters. The maximum Gasteiger partial charge on any atom is 0.370 e. The minimum absolute atomic E-state index is 0.594. The molecular formula is C16H16N3O+. The van der Waals surface area contributed by atoms with Crippen molar-refractivity contribution in [3.8, 4) is 0 Å². The molecule has 0 aliphatic carbocycles. The van der Waals surface area contributed by atoms with Crippen molar-refractivity contribution in [1.82, 2.24) is 4.98 Å². The van der Waals surface area contributed by atoms with Crippen molar-refractivity contribution in [2.45, 2.75) is 13.5 Å². The first kappa shape index (κ1) is 12.4. The Morgan fingerprint density at radius 1 is 1.20 bits per heavy atom. The van der Waals surface area contributed by atoms with Gasteiger partial charge in [-0.25, -0.2) is 4.57 Å². The lowest BCUT2D eigenvalue weighted by atomic mass is 10.3. The molecule has 3 aromatic rings. The molecule has 3 rings (SSSR count). The predicted octanol–water partition coefficient (Wildman–Crippen LogP) is 3.22. The maximum atomic E-state index is 5.69. The summed E-state index contributed by atoms with van der Waals surface area (Å²) in [4.78, 5) is 4.48. The van der Waals surface area contributed by atoms with Gasteiger partial charge in [0.2, 0.25) is 5.58 Å². The van der Waals surface area contributed by atoms with Crippen LogP contribution in [-0.4, -0.2) is 4.98 Å². The normalized spacial score (nSPS) is 11.2. The molecule has 4 heteroatoms. The van der Waals surface area contributed by atoms with E-state index in [4.69, 9.17) is 4.42 Å². The lowest BCUT2D eigenvalue weighted by Gasteiger charge is -1.96. The van der Waals surface area contributed by atoms with Gasteiger partial charge in [0.15, 0.2) is 0 Å². The Morgan fingerprint density at radius 2 is 2.05 bits per heavy atom. The Labute approximate surface area is 117 Å². The van der Waals surface area contributed by atoms with Crippen molar-refractivity contribution in [2.75, 3.05) is 5.32 Å². The summed E-state index contributed by atoms with van der Waals surface area (Å²) in [5.74, 6) is 0.594. The smallest absolute Gasteiger partial charge is 0.370 e. The lowest BCUT2D eigenvalue weighted by Crippen LogP contribution is -2.32. The van der Waals surface area contributed by atoms with Crippen molar-refractivity contribution < 1.29 is 8.98 Å². The molecular weight excluding hydrogens is 250 g/mol. The van der Waals surface area contributed by atoms with Gasteiger partial charge in [0.05, 0.1) is 12.7 Å². The van der Waals surface area contributed by atoms with Crippen LogP contribution in [0.25, 0.3) is 17.3 Å². The summed E-state index contributed by atoms with van der Waals surface area (Å²) in [5.41, 5.74) is 2.70. The Hall–Kier alpha value is -2.62. The zero-order valence-corrected chi connectivity index (χ0v) is 11.3. The number of hydrogen-bond acceptors (Lipinski definition) is 3. The molecule has 0 saturated heterocycles. The zero-order chi connectivity index (χ0) is 13.8. The second-order valence-corrected chi connectivity index (χ2v) is 4.38. The third-order valence-electron chi connectivity index (χ3n) is 3.03. The van der Waals surface area contributed by atoms with Gasteiger partial charge >= 0.3 is 11.5 Å². The van der Waals surface area contributed by atoms with Crippen LogP contribution < -0.4 is 9.88 Å². The Bertz CT molecular complexity index is 732. The van der Waals surface area contributed by atoms with Gasteiger partial charge in [-0.05, 0) is 31.2 Å². The highest BCUT2D eigenvalue weighted by Gasteiger charge is 2.15. The summed E-state index contributed by atoms with van der Waals surface area (Å²) in [6.07, 6.45) is 5.66. The Balaban J connectivity index is 1.81. The van der Waals surface area contributed by atoms with E-state index in [0.717, 1.165) is 23.5 Å². The van der Waals surface area contributed by atoms with Gasteiger partial charge in [-0.1, -0.05) is 18.2 Å². The van der Waals surface area contributed by atoms with E-state index in [0.29, 0.717) is 5.89 Å². The van der Waals surface area contributed by atoms with E-state index in [1.807, 2.05) is 60.9 Å². The second kappa shape index (κ2) is 5.57. The van der Waals surface area contributed by atoms with Gasteiger partial charge in [-0.2, -0.15) is 0 Å². The van der Waals surface area contributed by atoms with E-state index in [1.54, 1.807) is 0 Å². The topological polar surface area (TPSA) is 41.9 Å². The number of nitrogens with one attached hydrogen (secondary N) is 1. The van der Waals surface area contributed by atoms with Gasteiger partial charge in [0, 0.05) is 22.9 Å². The van der Waals surface area contributed by atoms with Crippen molar-refractivity contribution >= 4 is 23.0 Å². The number of oxazole rings is 1. The minimum atomic E-state index is 0.594. The number of anilines is 1. The van der Waals surface area contributed by atoms with E-state index in [2.05, 4.69) is 21.8 Å². The number of nitrogens with zero attached hydrogens (tertiary/aromatic N) is 2. The van der Waals surface area contributed by atoms with Crippen LogP contribution in [0.3, 0.4) is 0 Å². The highest BCUT2D eigenvalue weighted by atomic mass is 16.3. The van der Waals surface area contributed by atoms with Crippen LogP contribution in [0.2, 0.25) is 0 Å². The summed E-state index contributed by atoms with van der Waals surface area (Å²) in [6, 6.07) is 13.9. The molecule has 0 aliphatic heterocycles. The van der Waals surface area contributed by atoms with Crippen molar-refractivity contribution in [2.24, 2.45) is 0 Å². The molecule has 0 fully saturated rings. The number of pyridine rings is 1. The number of fused-ring (bicyclic) bond motifs is 1. The average Bonchev–Trinajstić information content (AvgIpc) is 2.91. The van der Waals surface area contributed by atoms with Crippen LogP contribution in [0.1, 0.15) is 12.8 Å². The molecule has 0 spiro atoms. The first-order valence-electron chi connectivity index (χ1n) is 6.64. The SMILES string of the molecule is CC[n+]1cccc2oc(C=CNc3ccccc3)nc21. The Kier molecular flexibility index (Phi) is 3.46. The van der Waals surface area contributed by atoms with Crippen LogP contribution >= 0.6 is 0 Å². The number of aromatic nitrogens is 2. The van der Waals surface area contributed by atoms with Crippen molar-refractivity contribution in [3.05, 3.63) is 60.8 Å². The zero-order valence-electron chi connectivity index (χ0n) is 11.3. The molecule has 2 heterocycles. The molecule has 0 amide bonds. The summed E-state index contributed by atoms with van der Waals surface area (Å²) in [7, 11) is 0. The molecule has 0 saturated carbocycles. The average molecular weight is 266 g/mol. The molecule has 0 bridgehead atoms. The van der Waals surface area contributed by atoms with Gasteiger partial charge in [0.1, 0.15) is 0 Å². The van der Waals surface area contributed by atoms with Crippen LogP contribution in [0, 0.1) is 0 Å². The number of aryl methyl sites for hydroxylation is 1. The number of hydrogen-bond donors (Lipinski definition) is 1. The van der Waals surface area contributed by atoms with Gasteiger partial charge in [-0.15, -0.1) is 0 Å². The standard InChI is InChI=1S/C16H15N3O/c1-2-19-12-6-9-14-16(19)18-15(20-14)10-11-17-13-7-4-3-5-8-13/h3-12H,2H2,1H3/p+1. The monoisotopic (exact) mass is 266 g/mol. The van der Waals surface area contributed by atoms with Gasteiger partial charge in [0.25, 0.3) is 0 Å². The molecule has 0 atom stereocenters. The highest BCUT2D eigenvalue weighted by molar-refractivity contribution is 5.66. The number of rotatable bonds is 4. The quantitative estimate of drug-likeness (QED) is 0.737. The fourth-order valence-electron chi connectivity index (χ4n) is 2.03. The van der Waals surface area contributed by atoms with E-state index in [-0.39, 0.29) is 0 Å². The summed E-state index contributed by atoms with van der Waals surface area (Å²) in [6.45, 7) is 2.95. The van der Waals surface area contributed by atoms with Crippen LogP contribution in [0.5, 0.6) is 0 Å². The summed E-state index contributed by atoms with van der Waals surface area (Å²) >= 11 is 0. The van der Waals surface area contributed by atoms with Crippen molar-refractivity contribution in [1.29, 1.82) is 0 Å². The third kappa shape index (κ3) is 2.54. The third-order valence-corrected chi connectivity index (χ3v) is 3.03. The molecule has 1 aromatic carbocycles. The first-order valence-corrected chi connectivity index (χ1v) is 6.64. The fourth-order valence-corrected chi connectivity index (χ4v) is 2.03. The Morgan fingerprint density at radius 3 is 2.85 bits per heavy atom. The number of para-hydroxylation sites is 1.